The zero-order valence-corrected chi connectivity index (χ0v) is 22.2. The number of anilines is 2. The van der Waals surface area contributed by atoms with E-state index in [1.54, 1.807) is 31.8 Å². The van der Waals surface area contributed by atoms with Crippen LogP contribution in [0.3, 0.4) is 0 Å². The molecule has 9 heteroatoms. The van der Waals surface area contributed by atoms with Crippen LogP contribution in [0.4, 0.5) is 10.9 Å². The van der Waals surface area contributed by atoms with E-state index in [1.165, 1.54) is 23.1 Å². The summed E-state index contributed by atoms with van der Waals surface area (Å²) < 4.78 is 6.29. The average molecular weight is 540 g/mol. The molecule has 0 aliphatic carbocycles. The molecule has 2 N–H and O–H groups in total. The summed E-state index contributed by atoms with van der Waals surface area (Å²) in [6, 6.07) is 27.4. The van der Waals surface area contributed by atoms with Crippen LogP contribution in [0.15, 0.2) is 113 Å². The van der Waals surface area contributed by atoms with Crippen LogP contribution in [0.5, 0.6) is 5.75 Å². The van der Waals surface area contributed by atoms with E-state index in [9.17, 15) is 4.79 Å². The van der Waals surface area contributed by atoms with Crippen molar-refractivity contribution < 1.29 is 9.53 Å². The smallest absolute Gasteiger partial charge is 0.269 e. The highest BCUT2D eigenvalue weighted by Gasteiger charge is 2.17. The molecule has 5 rings (SSSR count). The average Bonchev–Trinajstić information content (AvgIpc) is 3.41. The van der Waals surface area contributed by atoms with Crippen molar-refractivity contribution in [2.24, 2.45) is 0 Å². The molecule has 1 atom stereocenters. The third-order valence-corrected chi connectivity index (χ3v) is 7.76. The highest BCUT2D eigenvalue weighted by atomic mass is 32.2. The molecule has 3 aromatic heterocycles. The number of nitrogens with zero attached hydrogens (tertiary/aromatic N) is 3. The summed E-state index contributed by atoms with van der Waals surface area (Å²) in [7, 11) is 1.65. The van der Waals surface area contributed by atoms with Crippen molar-refractivity contribution in [3.63, 3.8) is 0 Å². The summed E-state index contributed by atoms with van der Waals surface area (Å²) in [4.78, 5) is 27.0. The molecule has 1 unspecified atom stereocenters. The standard InChI is InChI=1S/C29H25N5O2S2/c1-36-22-12-10-21(11-13-22)24(20-7-3-2-4-8-20)18-32-28(35)25-17-23(14-16-30-25)37-27-19-33-29(38-27)34-26-9-5-6-15-31-26/h2-17,19,24H,18H2,1H3,(H,32,35)(H,31,33,34). The first-order valence-corrected chi connectivity index (χ1v) is 13.6. The summed E-state index contributed by atoms with van der Waals surface area (Å²) in [6.07, 6.45) is 5.19. The molecule has 0 fully saturated rings. The van der Waals surface area contributed by atoms with Gasteiger partial charge in [0.15, 0.2) is 5.13 Å². The second kappa shape index (κ2) is 12.4. The Morgan fingerprint density at radius 2 is 1.71 bits per heavy atom. The fourth-order valence-electron chi connectivity index (χ4n) is 3.86. The van der Waals surface area contributed by atoms with E-state index in [0.29, 0.717) is 12.2 Å². The molecule has 190 valence electrons. The van der Waals surface area contributed by atoms with E-state index in [-0.39, 0.29) is 11.8 Å². The van der Waals surface area contributed by atoms with Crippen LogP contribution in [-0.4, -0.2) is 34.5 Å². The molecule has 38 heavy (non-hydrogen) atoms. The zero-order valence-electron chi connectivity index (χ0n) is 20.6. The number of methoxy groups -OCH3 is 1. The van der Waals surface area contributed by atoms with Crippen LogP contribution < -0.4 is 15.4 Å². The van der Waals surface area contributed by atoms with Gasteiger partial charge < -0.3 is 15.4 Å². The minimum Gasteiger partial charge on any atom is -0.497 e. The lowest BCUT2D eigenvalue weighted by molar-refractivity contribution is 0.0947. The SMILES string of the molecule is COc1ccc(C(CNC(=O)c2cc(Sc3cnc(Nc4ccccn4)s3)ccn2)c2ccccc2)cc1. The van der Waals surface area contributed by atoms with Crippen molar-refractivity contribution in [1.29, 1.82) is 0 Å². The fourth-order valence-corrected chi connectivity index (χ4v) is 5.75. The molecule has 7 nitrogen and oxygen atoms in total. The molecule has 0 aliphatic rings. The quantitative estimate of drug-likeness (QED) is 0.212. The highest BCUT2D eigenvalue weighted by Crippen LogP contribution is 2.35. The number of benzene rings is 2. The Kier molecular flexibility index (Phi) is 8.27. The van der Waals surface area contributed by atoms with Gasteiger partial charge in [0.05, 0.1) is 17.5 Å². The van der Waals surface area contributed by atoms with Crippen molar-refractivity contribution in [2.45, 2.75) is 15.0 Å². The lowest BCUT2D eigenvalue weighted by atomic mass is 9.91. The van der Waals surface area contributed by atoms with Gasteiger partial charge in [0, 0.05) is 29.8 Å². The number of thiazole rings is 1. The van der Waals surface area contributed by atoms with Gasteiger partial charge in [-0.05, 0) is 47.5 Å². The van der Waals surface area contributed by atoms with E-state index < -0.39 is 0 Å². The van der Waals surface area contributed by atoms with Crippen molar-refractivity contribution >= 4 is 40.0 Å². The molecule has 0 radical (unpaired) electrons. The highest BCUT2D eigenvalue weighted by molar-refractivity contribution is 8.01. The number of carbonyl (C=O) groups is 1. The Labute approximate surface area is 229 Å². The first-order valence-electron chi connectivity index (χ1n) is 11.9. The van der Waals surface area contributed by atoms with Crippen molar-refractivity contribution in [2.75, 3.05) is 19.0 Å². The second-order valence-electron chi connectivity index (χ2n) is 8.25. The van der Waals surface area contributed by atoms with Crippen LogP contribution in [0, 0.1) is 0 Å². The number of pyridine rings is 2. The van der Waals surface area contributed by atoms with Gasteiger partial charge in [-0.15, -0.1) is 0 Å². The number of ether oxygens (including phenoxy) is 1. The van der Waals surface area contributed by atoms with Crippen molar-refractivity contribution in [3.8, 4) is 5.75 Å². The fraction of sp³-hybridized carbons (Fsp3) is 0.103. The van der Waals surface area contributed by atoms with Crippen LogP contribution in [0.1, 0.15) is 27.5 Å². The minimum absolute atomic E-state index is 0.00849. The molecule has 2 aromatic carbocycles. The Morgan fingerprint density at radius 3 is 2.47 bits per heavy atom. The van der Waals surface area contributed by atoms with Gasteiger partial charge in [0.25, 0.3) is 5.91 Å². The Bertz CT molecular complexity index is 1480. The Morgan fingerprint density at radius 1 is 0.921 bits per heavy atom. The molecule has 3 heterocycles. The largest absolute Gasteiger partial charge is 0.497 e. The molecular weight excluding hydrogens is 514 g/mol. The third-order valence-electron chi connectivity index (χ3n) is 5.75. The zero-order chi connectivity index (χ0) is 26.2. The van der Waals surface area contributed by atoms with Crippen LogP contribution >= 0.6 is 23.1 Å². The summed E-state index contributed by atoms with van der Waals surface area (Å²) in [5.74, 6) is 1.31. The molecule has 5 aromatic rings. The molecular formula is C29H25N5O2S2. The van der Waals surface area contributed by atoms with Crippen LogP contribution in [0.2, 0.25) is 0 Å². The van der Waals surface area contributed by atoms with E-state index in [1.807, 2.05) is 66.7 Å². The summed E-state index contributed by atoms with van der Waals surface area (Å²) in [5, 5.41) is 7.03. The van der Waals surface area contributed by atoms with Gasteiger partial charge in [0.2, 0.25) is 0 Å². The maximum absolute atomic E-state index is 13.1. The molecule has 0 saturated carbocycles. The van der Waals surface area contributed by atoms with Crippen molar-refractivity contribution in [1.82, 2.24) is 20.3 Å². The van der Waals surface area contributed by atoms with Crippen LogP contribution in [-0.2, 0) is 0 Å². The van der Waals surface area contributed by atoms with Gasteiger partial charge in [0.1, 0.15) is 17.3 Å². The number of hydrogen-bond acceptors (Lipinski definition) is 8. The normalized spacial score (nSPS) is 11.5. The predicted octanol–water partition coefficient (Wildman–Crippen LogP) is 6.40. The van der Waals surface area contributed by atoms with Crippen LogP contribution in [0.25, 0.3) is 0 Å². The molecule has 0 aliphatic heterocycles. The van der Waals surface area contributed by atoms with Gasteiger partial charge in [-0.25, -0.2) is 9.97 Å². The number of hydrogen-bond donors (Lipinski definition) is 2. The first kappa shape index (κ1) is 25.4. The molecule has 1 amide bonds. The van der Waals surface area contributed by atoms with Gasteiger partial charge in [-0.2, -0.15) is 0 Å². The minimum atomic E-state index is -0.219. The maximum Gasteiger partial charge on any atom is 0.269 e. The van der Waals surface area contributed by atoms with E-state index in [4.69, 9.17) is 4.74 Å². The lowest BCUT2D eigenvalue weighted by Gasteiger charge is -2.19. The topological polar surface area (TPSA) is 89.0 Å². The summed E-state index contributed by atoms with van der Waals surface area (Å²) in [6.45, 7) is 0.436. The van der Waals surface area contributed by atoms with Gasteiger partial charge in [-0.3, -0.25) is 9.78 Å². The number of carbonyl (C=O) groups excluding carboxylic acids is 1. The number of amides is 1. The number of aromatic nitrogens is 3. The molecule has 0 spiro atoms. The van der Waals surface area contributed by atoms with Crippen molar-refractivity contribution in [3.05, 3.63) is 120 Å². The third kappa shape index (κ3) is 6.56. The predicted molar refractivity (Wildman–Crippen MR) is 152 cm³/mol. The molecule has 0 saturated heterocycles. The Balaban J connectivity index is 1.25. The van der Waals surface area contributed by atoms with E-state index in [0.717, 1.165) is 36.9 Å². The monoisotopic (exact) mass is 539 g/mol. The summed E-state index contributed by atoms with van der Waals surface area (Å²) in [5.41, 5.74) is 2.58. The first-order chi connectivity index (χ1) is 18.7. The molecule has 0 bridgehead atoms. The van der Waals surface area contributed by atoms with E-state index in [2.05, 4.69) is 37.7 Å². The van der Waals surface area contributed by atoms with E-state index >= 15 is 0 Å². The van der Waals surface area contributed by atoms with Gasteiger partial charge >= 0.3 is 0 Å². The lowest BCUT2D eigenvalue weighted by Crippen LogP contribution is -2.29. The second-order valence-corrected chi connectivity index (χ2v) is 10.7. The maximum atomic E-state index is 13.1. The Hall–Kier alpha value is -4.21. The van der Waals surface area contributed by atoms with Gasteiger partial charge in [-0.1, -0.05) is 71.6 Å². The number of rotatable bonds is 10. The number of nitrogens with one attached hydrogen (secondary N) is 2. The summed E-state index contributed by atoms with van der Waals surface area (Å²) >= 11 is 3.06.